The summed E-state index contributed by atoms with van der Waals surface area (Å²) in [4.78, 5) is 11.6. The van der Waals surface area contributed by atoms with E-state index in [0.717, 1.165) is 19.5 Å². The Bertz CT molecular complexity index is 197. The molecule has 0 rings (SSSR count). The molecular weight excluding hydrogens is 200 g/mol. The maximum atomic E-state index is 11.6. The van der Waals surface area contributed by atoms with Crippen molar-refractivity contribution in [3.63, 3.8) is 0 Å². The number of carbonyl (C=O) groups is 1. The van der Waals surface area contributed by atoms with Gasteiger partial charge < -0.3 is 10.6 Å². The van der Waals surface area contributed by atoms with Crippen LogP contribution in [0.1, 0.15) is 53.9 Å². The Balaban J connectivity index is 3.65. The molecule has 1 amide bonds. The summed E-state index contributed by atoms with van der Waals surface area (Å²) in [5, 5.41) is 6.20. The van der Waals surface area contributed by atoms with Crippen molar-refractivity contribution >= 4 is 5.91 Å². The van der Waals surface area contributed by atoms with Crippen molar-refractivity contribution in [2.45, 2.75) is 59.9 Å². The second kappa shape index (κ2) is 7.66. The average molecular weight is 228 g/mol. The van der Waals surface area contributed by atoms with Crippen LogP contribution in [0.4, 0.5) is 0 Å². The first kappa shape index (κ1) is 15.4. The Morgan fingerprint density at radius 1 is 1.25 bits per heavy atom. The van der Waals surface area contributed by atoms with Gasteiger partial charge in [-0.3, -0.25) is 4.79 Å². The van der Waals surface area contributed by atoms with Gasteiger partial charge in [-0.15, -0.1) is 0 Å². The third kappa shape index (κ3) is 8.72. The molecule has 0 saturated carbocycles. The zero-order valence-corrected chi connectivity index (χ0v) is 11.5. The molecule has 0 spiro atoms. The molecule has 1 unspecified atom stereocenters. The quantitative estimate of drug-likeness (QED) is 0.657. The summed E-state index contributed by atoms with van der Waals surface area (Å²) in [7, 11) is 0. The van der Waals surface area contributed by atoms with Gasteiger partial charge >= 0.3 is 0 Å². The Kier molecular flexibility index (Phi) is 7.39. The van der Waals surface area contributed by atoms with Gasteiger partial charge in [-0.05, 0) is 18.8 Å². The van der Waals surface area contributed by atoms with Crippen molar-refractivity contribution < 1.29 is 4.79 Å². The molecule has 0 aliphatic heterocycles. The zero-order valence-electron chi connectivity index (χ0n) is 11.5. The van der Waals surface area contributed by atoms with Gasteiger partial charge in [-0.2, -0.15) is 0 Å². The van der Waals surface area contributed by atoms with E-state index in [1.54, 1.807) is 0 Å². The maximum Gasteiger partial charge on any atom is 0.236 e. The Hall–Kier alpha value is -0.570. The van der Waals surface area contributed by atoms with E-state index in [2.05, 4.69) is 38.3 Å². The smallest absolute Gasteiger partial charge is 0.236 e. The molecule has 0 aromatic carbocycles. The van der Waals surface area contributed by atoms with Crippen LogP contribution < -0.4 is 10.6 Å². The minimum absolute atomic E-state index is 0.0964. The molecule has 0 fully saturated rings. The molecule has 2 N–H and O–H groups in total. The predicted octanol–water partition coefficient (Wildman–Crippen LogP) is 2.32. The van der Waals surface area contributed by atoms with Crippen LogP contribution in [-0.2, 0) is 4.79 Å². The summed E-state index contributed by atoms with van der Waals surface area (Å²) in [5.41, 5.74) is 0.219. The standard InChI is InChI=1S/C13H28N2O/c1-6-7-8-9-14-12(16)11(2)15-10-13(3,4)5/h11,15H,6-10H2,1-5H3,(H,14,16). The molecule has 0 aliphatic carbocycles. The third-order valence-electron chi connectivity index (χ3n) is 2.41. The average Bonchev–Trinajstić information content (AvgIpc) is 2.19. The Morgan fingerprint density at radius 2 is 1.88 bits per heavy atom. The first-order valence-corrected chi connectivity index (χ1v) is 6.38. The minimum Gasteiger partial charge on any atom is -0.355 e. The molecule has 1 atom stereocenters. The summed E-state index contributed by atoms with van der Waals surface area (Å²) in [6.07, 6.45) is 3.45. The fraction of sp³-hybridized carbons (Fsp3) is 0.923. The first-order chi connectivity index (χ1) is 7.37. The topological polar surface area (TPSA) is 41.1 Å². The van der Waals surface area contributed by atoms with Crippen molar-refractivity contribution in [3.05, 3.63) is 0 Å². The summed E-state index contributed by atoms with van der Waals surface area (Å²) >= 11 is 0. The van der Waals surface area contributed by atoms with Gasteiger partial charge in [0, 0.05) is 13.1 Å². The molecule has 3 nitrogen and oxygen atoms in total. The first-order valence-electron chi connectivity index (χ1n) is 6.38. The number of hydrogen-bond acceptors (Lipinski definition) is 2. The fourth-order valence-corrected chi connectivity index (χ4v) is 1.29. The number of amides is 1. The van der Waals surface area contributed by atoms with Gasteiger partial charge in [-0.1, -0.05) is 40.5 Å². The number of unbranched alkanes of at least 4 members (excludes halogenated alkanes) is 2. The van der Waals surface area contributed by atoms with Crippen LogP contribution in [0, 0.1) is 5.41 Å². The molecule has 3 heteroatoms. The lowest BCUT2D eigenvalue weighted by Gasteiger charge is -2.22. The monoisotopic (exact) mass is 228 g/mol. The molecule has 0 radical (unpaired) electrons. The highest BCUT2D eigenvalue weighted by Gasteiger charge is 2.15. The van der Waals surface area contributed by atoms with Crippen molar-refractivity contribution in [1.29, 1.82) is 0 Å². The molecule has 96 valence electrons. The molecule has 0 aliphatic rings. The van der Waals surface area contributed by atoms with Gasteiger partial charge in [0.1, 0.15) is 0 Å². The van der Waals surface area contributed by atoms with Crippen LogP contribution in [0.5, 0.6) is 0 Å². The fourth-order valence-electron chi connectivity index (χ4n) is 1.29. The molecule has 0 heterocycles. The highest BCUT2D eigenvalue weighted by molar-refractivity contribution is 5.81. The van der Waals surface area contributed by atoms with E-state index >= 15 is 0 Å². The Labute approximate surface area is 100 Å². The molecule has 0 saturated heterocycles. The third-order valence-corrected chi connectivity index (χ3v) is 2.41. The Morgan fingerprint density at radius 3 is 2.38 bits per heavy atom. The zero-order chi connectivity index (χ0) is 12.6. The lowest BCUT2D eigenvalue weighted by molar-refractivity contribution is -0.122. The second-order valence-electron chi connectivity index (χ2n) is 5.66. The summed E-state index contributed by atoms with van der Waals surface area (Å²) in [6, 6.07) is -0.0964. The summed E-state index contributed by atoms with van der Waals surface area (Å²) in [5.74, 6) is 0.111. The van der Waals surface area contributed by atoms with E-state index in [-0.39, 0.29) is 17.4 Å². The molecule has 0 bridgehead atoms. The van der Waals surface area contributed by atoms with E-state index in [4.69, 9.17) is 0 Å². The SMILES string of the molecule is CCCCCNC(=O)C(C)NCC(C)(C)C. The van der Waals surface area contributed by atoms with Crippen LogP contribution >= 0.6 is 0 Å². The molecule has 16 heavy (non-hydrogen) atoms. The normalized spacial score (nSPS) is 13.6. The van der Waals surface area contributed by atoms with Crippen molar-refractivity contribution in [1.82, 2.24) is 10.6 Å². The second-order valence-corrected chi connectivity index (χ2v) is 5.66. The molecule has 0 aromatic rings. The predicted molar refractivity (Wildman–Crippen MR) is 69.5 cm³/mol. The van der Waals surface area contributed by atoms with Gasteiger partial charge in [0.15, 0.2) is 0 Å². The number of hydrogen-bond donors (Lipinski definition) is 2. The van der Waals surface area contributed by atoms with Crippen LogP contribution in [0.25, 0.3) is 0 Å². The van der Waals surface area contributed by atoms with Crippen molar-refractivity contribution in [2.24, 2.45) is 5.41 Å². The lowest BCUT2D eigenvalue weighted by Crippen LogP contribution is -2.45. The largest absolute Gasteiger partial charge is 0.355 e. The van der Waals surface area contributed by atoms with Crippen molar-refractivity contribution in [2.75, 3.05) is 13.1 Å². The maximum absolute atomic E-state index is 11.6. The lowest BCUT2D eigenvalue weighted by atomic mass is 9.96. The van der Waals surface area contributed by atoms with E-state index in [9.17, 15) is 4.79 Å². The van der Waals surface area contributed by atoms with E-state index in [1.807, 2.05) is 6.92 Å². The summed E-state index contributed by atoms with van der Waals surface area (Å²) in [6.45, 7) is 12.2. The van der Waals surface area contributed by atoms with Gasteiger partial charge in [-0.25, -0.2) is 0 Å². The van der Waals surface area contributed by atoms with E-state index < -0.39 is 0 Å². The molecule has 0 aromatic heterocycles. The van der Waals surface area contributed by atoms with E-state index in [1.165, 1.54) is 12.8 Å². The van der Waals surface area contributed by atoms with Gasteiger partial charge in [0.05, 0.1) is 6.04 Å². The van der Waals surface area contributed by atoms with E-state index in [0.29, 0.717) is 0 Å². The number of rotatable bonds is 7. The number of nitrogens with one attached hydrogen (secondary N) is 2. The van der Waals surface area contributed by atoms with Gasteiger partial charge in [0.2, 0.25) is 5.91 Å². The molecular formula is C13H28N2O. The summed E-state index contributed by atoms with van der Waals surface area (Å²) < 4.78 is 0. The van der Waals surface area contributed by atoms with Gasteiger partial charge in [0.25, 0.3) is 0 Å². The van der Waals surface area contributed by atoms with Crippen LogP contribution in [0.3, 0.4) is 0 Å². The minimum atomic E-state index is -0.0964. The van der Waals surface area contributed by atoms with Crippen LogP contribution in [0.15, 0.2) is 0 Å². The number of carbonyl (C=O) groups excluding carboxylic acids is 1. The van der Waals surface area contributed by atoms with Crippen LogP contribution in [0.2, 0.25) is 0 Å². The highest BCUT2D eigenvalue weighted by Crippen LogP contribution is 2.10. The highest BCUT2D eigenvalue weighted by atomic mass is 16.2. The van der Waals surface area contributed by atoms with Crippen LogP contribution in [-0.4, -0.2) is 25.0 Å². The van der Waals surface area contributed by atoms with Crippen molar-refractivity contribution in [3.8, 4) is 0 Å².